The molecule has 0 saturated carbocycles. The van der Waals surface area contributed by atoms with E-state index in [-0.39, 0.29) is 12.0 Å². The molecule has 0 aliphatic heterocycles. The maximum atomic E-state index is 6.67. The number of fused-ring (bicyclic) bond motifs is 1. The Balaban J connectivity index is 1.76. The number of aryl methyl sites for hydroxylation is 1. The van der Waals surface area contributed by atoms with Gasteiger partial charge in [-0.05, 0) is 82.3 Å². The van der Waals surface area contributed by atoms with Gasteiger partial charge < -0.3 is 9.15 Å². The van der Waals surface area contributed by atoms with Gasteiger partial charge in [0.1, 0.15) is 17.3 Å². The Morgan fingerprint density at radius 1 is 0.784 bits per heavy atom. The standard InChI is InChI=1S/C34H39NO2/c1-22(2)35(23(3)4)33-29(21-25-13-9-7-10-14-25)31(26-15-11-8-12-16-26)30-24(5)37-34(32(30)33)27-17-19-28(36-6)20-18-27/h7-20,22-23,29,31,33H,21H2,1-6H3/t29-,31-,33+/m0/s1. The van der Waals surface area contributed by atoms with Crippen molar-refractivity contribution in [2.45, 2.75) is 65.1 Å². The molecular weight excluding hydrogens is 454 g/mol. The predicted octanol–water partition coefficient (Wildman–Crippen LogP) is 8.43. The first-order chi connectivity index (χ1) is 17.9. The maximum Gasteiger partial charge on any atom is 0.139 e. The van der Waals surface area contributed by atoms with Crippen LogP contribution in [-0.4, -0.2) is 24.1 Å². The molecule has 3 aromatic carbocycles. The zero-order chi connectivity index (χ0) is 26.1. The third-order valence-electron chi connectivity index (χ3n) is 7.95. The van der Waals surface area contributed by atoms with Gasteiger partial charge in [0.2, 0.25) is 0 Å². The van der Waals surface area contributed by atoms with Crippen LogP contribution in [0.2, 0.25) is 0 Å². The number of hydrogen-bond donors (Lipinski definition) is 0. The normalized spacial score (nSPS) is 19.1. The van der Waals surface area contributed by atoms with Crippen LogP contribution >= 0.6 is 0 Å². The minimum Gasteiger partial charge on any atom is -0.497 e. The van der Waals surface area contributed by atoms with E-state index in [0.717, 1.165) is 29.3 Å². The Morgan fingerprint density at radius 3 is 1.95 bits per heavy atom. The highest BCUT2D eigenvalue weighted by Crippen LogP contribution is 2.58. The van der Waals surface area contributed by atoms with Crippen molar-refractivity contribution in [1.29, 1.82) is 0 Å². The van der Waals surface area contributed by atoms with Crippen LogP contribution in [0.15, 0.2) is 89.3 Å². The van der Waals surface area contributed by atoms with Crippen LogP contribution in [0.1, 0.15) is 67.7 Å². The molecule has 3 nitrogen and oxygen atoms in total. The second-order valence-corrected chi connectivity index (χ2v) is 10.9. The average molecular weight is 494 g/mol. The molecule has 1 heterocycles. The van der Waals surface area contributed by atoms with Gasteiger partial charge in [-0.2, -0.15) is 0 Å². The Kier molecular flexibility index (Phi) is 7.26. The number of rotatable bonds is 8. The summed E-state index contributed by atoms with van der Waals surface area (Å²) in [4.78, 5) is 2.71. The Bertz CT molecular complexity index is 1300. The second kappa shape index (κ2) is 10.6. The van der Waals surface area contributed by atoms with E-state index in [1.54, 1.807) is 7.11 Å². The number of benzene rings is 3. The molecule has 0 amide bonds. The highest BCUT2D eigenvalue weighted by Gasteiger charge is 2.49. The maximum absolute atomic E-state index is 6.67. The molecule has 1 aromatic heterocycles. The summed E-state index contributed by atoms with van der Waals surface area (Å²) >= 11 is 0. The van der Waals surface area contributed by atoms with Gasteiger partial charge in [-0.15, -0.1) is 0 Å². The van der Waals surface area contributed by atoms with E-state index in [9.17, 15) is 0 Å². The van der Waals surface area contributed by atoms with Gasteiger partial charge in [0.15, 0.2) is 0 Å². The molecule has 192 valence electrons. The molecular formula is C34H39NO2. The molecule has 5 rings (SSSR count). The summed E-state index contributed by atoms with van der Waals surface area (Å²) < 4.78 is 12.1. The lowest BCUT2D eigenvalue weighted by Gasteiger charge is -2.41. The fourth-order valence-corrected chi connectivity index (χ4v) is 6.62. The van der Waals surface area contributed by atoms with Crippen molar-refractivity contribution in [3.63, 3.8) is 0 Å². The van der Waals surface area contributed by atoms with Gasteiger partial charge in [-0.3, -0.25) is 4.90 Å². The Hall–Kier alpha value is -3.30. The molecule has 1 aliphatic carbocycles. The topological polar surface area (TPSA) is 25.6 Å². The SMILES string of the molecule is COc1ccc(-c2oc(C)c3c2[C@H](N(C(C)C)C(C)C)[C@@H](Cc2ccccc2)[C@@H]3c2ccccc2)cc1. The fourth-order valence-electron chi connectivity index (χ4n) is 6.62. The molecule has 37 heavy (non-hydrogen) atoms. The zero-order valence-corrected chi connectivity index (χ0v) is 22.9. The summed E-state index contributed by atoms with van der Waals surface area (Å²) in [6.07, 6.45) is 1.01. The van der Waals surface area contributed by atoms with E-state index in [4.69, 9.17) is 9.15 Å². The first-order valence-electron chi connectivity index (χ1n) is 13.5. The first-order valence-corrected chi connectivity index (χ1v) is 13.5. The number of methoxy groups -OCH3 is 1. The summed E-state index contributed by atoms with van der Waals surface area (Å²) in [5.41, 5.74) is 6.59. The van der Waals surface area contributed by atoms with Crippen molar-refractivity contribution in [2.24, 2.45) is 5.92 Å². The highest BCUT2D eigenvalue weighted by atomic mass is 16.5. The van der Waals surface area contributed by atoms with E-state index in [0.29, 0.717) is 18.0 Å². The lowest BCUT2D eigenvalue weighted by molar-refractivity contribution is 0.0758. The third-order valence-corrected chi connectivity index (χ3v) is 7.95. The number of furan rings is 1. The van der Waals surface area contributed by atoms with Crippen LogP contribution in [-0.2, 0) is 6.42 Å². The summed E-state index contributed by atoms with van der Waals surface area (Å²) in [7, 11) is 1.71. The van der Waals surface area contributed by atoms with Gasteiger partial charge in [0.25, 0.3) is 0 Å². The van der Waals surface area contributed by atoms with Gasteiger partial charge in [-0.1, -0.05) is 60.7 Å². The van der Waals surface area contributed by atoms with Crippen LogP contribution < -0.4 is 4.74 Å². The van der Waals surface area contributed by atoms with E-state index < -0.39 is 0 Å². The molecule has 0 N–H and O–H groups in total. The molecule has 3 atom stereocenters. The molecule has 4 aromatic rings. The van der Waals surface area contributed by atoms with Gasteiger partial charge in [-0.25, -0.2) is 0 Å². The minimum atomic E-state index is 0.231. The van der Waals surface area contributed by atoms with Crippen molar-refractivity contribution in [1.82, 2.24) is 4.90 Å². The quantitative estimate of drug-likeness (QED) is 0.246. The predicted molar refractivity (Wildman–Crippen MR) is 152 cm³/mol. The number of hydrogen-bond acceptors (Lipinski definition) is 3. The molecule has 0 radical (unpaired) electrons. The van der Waals surface area contributed by atoms with Crippen LogP contribution in [0.5, 0.6) is 5.75 Å². The van der Waals surface area contributed by atoms with Crippen molar-refractivity contribution >= 4 is 0 Å². The van der Waals surface area contributed by atoms with E-state index in [1.165, 1.54) is 22.3 Å². The Labute approximate surface area is 222 Å². The zero-order valence-electron chi connectivity index (χ0n) is 22.9. The lowest BCUT2D eigenvalue weighted by atomic mass is 9.80. The van der Waals surface area contributed by atoms with Gasteiger partial charge in [0.05, 0.1) is 7.11 Å². The van der Waals surface area contributed by atoms with Crippen LogP contribution in [0.25, 0.3) is 11.3 Å². The summed E-state index contributed by atoms with van der Waals surface area (Å²) in [6, 6.07) is 31.4. The first kappa shape index (κ1) is 25.4. The van der Waals surface area contributed by atoms with Gasteiger partial charge in [0, 0.05) is 40.7 Å². The molecule has 1 aliphatic rings. The Morgan fingerprint density at radius 2 is 1.38 bits per heavy atom. The smallest absolute Gasteiger partial charge is 0.139 e. The molecule has 3 heteroatoms. The van der Waals surface area contributed by atoms with Crippen molar-refractivity contribution in [2.75, 3.05) is 7.11 Å². The third kappa shape index (κ3) is 4.73. The van der Waals surface area contributed by atoms with Gasteiger partial charge >= 0.3 is 0 Å². The molecule has 0 bridgehead atoms. The van der Waals surface area contributed by atoms with E-state index in [1.807, 2.05) is 12.1 Å². The highest BCUT2D eigenvalue weighted by molar-refractivity contribution is 5.69. The molecule has 0 unspecified atom stereocenters. The van der Waals surface area contributed by atoms with E-state index >= 15 is 0 Å². The molecule has 0 spiro atoms. The van der Waals surface area contributed by atoms with Crippen LogP contribution in [0.3, 0.4) is 0 Å². The fraction of sp³-hybridized carbons (Fsp3) is 0.353. The van der Waals surface area contributed by atoms with Crippen molar-refractivity contribution in [3.05, 3.63) is 113 Å². The number of nitrogens with zero attached hydrogens (tertiary/aromatic N) is 1. The number of ether oxygens (including phenoxy) is 1. The molecule has 0 fully saturated rings. The monoisotopic (exact) mass is 493 g/mol. The summed E-state index contributed by atoms with van der Waals surface area (Å²) in [5, 5.41) is 0. The largest absolute Gasteiger partial charge is 0.497 e. The van der Waals surface area contributed by atoms with Crippen LogP contribution in [0, 0.1) is 12.8 Å². The van der Waals surface area contributed by atoms with Crippen molar-refractivity contribution in [3.8, 4) is 17.1 Å². The minimum absolute atomic E-state index is 0.231. The van der Waals surface area contributed by atoms with Crippen LogP contribution in [0.4, 0.5) is 0 Å². The second-order valence-electron chi connectivity index (χ2n) is 10.9. The summed E-state index contributed by atoms with van der Waals surface area (Å²) in [5.74, 6) is 3.53. The van der Waals surface area contributed by atoms with E-state index in [2.05, 4.69) is 112 Å². The average Bonchev–Trinajstić information content (AvgIpc) is 3.40. The lowest BCUT2D eigenvalue weighted by Crippen LogP contribution is -2.43. The van der Waals surface area contributed by atoms with Crippen molar-refractivity contribution < 1.29 is 9.15 Å². The molecule has 0 saturated heterocycles. The summed E-state index contributed by atoms with van der Waals surface area (Å²) in [6.45, 7) is 11.5.